The molecule has 4 saturated heterocycles. The van der Waals surface area contributed by atoms with E-state index in [2.05, 4.69) is 42.5 Å². The van der Waals surface area contributed by atoms with E-state index in [9.17, 15) is 47.9 Å². The van der Waals surface area contributed by atoms with Crippen LogP contribution in [0.4, 0.5) is 19.6 Å². The predicted octanol–water partition coefficient (Wildman–Crippen LogP) is 6.13. The Balaban J connectivity index is 0.792. The molecular formula is C66H92N14O10S2. The number of benzene rings is 2. The van der Waals surface area contributed by atoms with Crippen LogP contribution in [-0.2, 0) is 51.2 Å². The van der Waals surface area contributed by atoms with Crippen LogP contribution in [0, 0.1) is 11.8 Å². The lowest BCUT2D eigenvalue weighted by Gasteiger charge is -2.38. The standard InChI is InChI=1S/C66H92N14O10S2/c1-7-19-47(81)39-51-71-53(43-21-11-9-12-22-43)61(91-51)75-59(85)49-25-17-33-79(49)63(87)55(73-57(83)41(3)67-5)45-27-35-77(36-28-45)65(89)69-31-15-16-32-70-66(90)78-37-29-46(30-38-78)56(74-58(84)42(4)68-6)64(88)80-34-18-26-50(80)60(86)76-62-54(44-23-13-10-14-24-44)72-52(92-62)40-48(82)20-8-2/h9-14,21-24,41-42,45-46,49-50,55-56,67-68H,7-8,15-20,25-40H2,1-6H3,(H,69,89)(H,70,90)(H,73,83)(H,74,84)(H,75,85)(H,76,86)/t41-,42-,49-,50-,55-,56-/m0/s1. The maximum Gasteiger partial charge on any atom is 0.317 e. The second-order valence-corrected chi connectivity index (χ2v) is 26.6. The fourth-order valence-corrected chi connectivity index (χ4v) is 14.4. The number of carbonyl (C=O) groups excluding carboxylic acids is 10. The first kappa shape index (κ1) is 70.2. The average molecular weight is 1310 g/mol. The molecule has 4 fully saturated rings. The van der Waals surface area contributed by atoms with Crippen molar-refractivity contribution in [2.24, 2.45) is 11.8 Å². The van der Waals surface area contributed by atoms with Gasteiger partial charge >= 0.3 is 12.1 Å². The summed E-state index contributed by atoms with van der Waals surface area (Å²) >= 11 is 2.51. The van der Waals surface area contributed by atoms with Gasteiger partial charge < -0.3 is 62.1 Å². The molecule has 24 nitrogen and oxygen atoms in total. The maximum atomic E-state index is 14.7. The van der Waals surface area contributed by atoms with Gasteiger partial charge in [-0.1, -0.05) is 74.5 Å². The number of nitrogens with zero attached hydrogens (tertiary/aromatic N) is 6. The molecule has 10 amide bonds. The highest BCUT2D eigenvalue weighted by Crippen LogP contribution is 2.37. The minimum absolute atomic E-state index is 0.0642. The number of hydrogen-bond acceptors (Lipinski definition) is 16. The van der Waals surface area contributed by atoms with Gasteiger partial charge in [-0.2, -0.15) is 0 Å². The Morgan fingerprint density at radius 2 is 0.891 bits per heavy atom. The van der Waals surface area contributed by atoms with E-state index in [-0.39, 0.29) is 83.7 Å². The van der Waals surface area contributed by atoms with Crippen molar-refractivity contribution in [3.05, 3.63) is 70.7 Å². The first-order valence-electron chi connectivity index (χ1n) is 32.8. The average Bonchev–Trinajstić information content (AvgIpc) is 1.91. The molecule has 4 aliphatic heterocycles. The third-order valence-corrected chi connectivity index (χ3v) is 19.8. The van der Waals surface area contributed by atoms with Gasteiger partial charge in [0.2, 0.25) is 35.4 Å². The van der Waals surface area contributed by atoms with Crippen molar-refractivity contribution in [1.82, 2.24) is 61.5 Å². The number of unbranched alkanes of at least 4 members (excludes halogenated alkanes) is 1. The van der Waals surface area contributed by atoms with E-state index in [1.165, 1.54) is 22.7 Å². The Hall–Kier alpha value is -7.68. The maximum absolute atomic E-state index is 14.7. The number of Topliss-reactive ketones (excluding diaryl/α,β-unsaturated/α-hetero) is 2. The van der Waals surface area contributed by atoms with Crippen molar-refractivity contribution in [3.8, 4) is 22.5 Å². The van der Waals surface area contributed by atoms with E-state index in [1.54, 1.807) is 47.5 Å². The lowest BCUT2D eigenvalue weighted by molar-refractivity contribution is -0.142. The van der Waals surface area contributed by atoms with Gasteiger partial charge in [-0.3, -0.25) is 38.4 Å². The number of hydrogen-bond donors (Lipinski definition) is 8. The summed E-state index contributed by atoms with van der Waals surface area (Å²) in [6.45, 7) is 10.0. The summed E-state index contributed by atoms with van der Waals surface area (Å²) in [6, 6.07) is 13.7. The van der Waals surface area contributed by atoms with Crippen molar-refractivity contribution in [2.45, 2.75) is 167 Å². The van der Waals surface area contributed by atoms with Gasteiger partial charge in [0.1, 0.15) is 67.1 Å². The SMILES string of the molecule is CCCC(=O)Cc1nc(-c2ccccc2)c(NC(=O)[C@@H]2CCCN2C(=O)[C@@H](NC(=O)[C@H](C)NC)C2CCN(C(=O)NCCCCNC(=O)N3CCC([C@H](NC(=O)[C@H](C)NC)C(=O)N4CCC[C@H]4C(=O)Nc4sc(CC(=O)CCC)nc4-c4ccccc4)CC3)CC2)s1. The van der Waals surface area contributed by atoms with Crippen LogP contribution in [0.25, 0.3) is 22.5 Å². The highest BCUT2D eigenvalue weighted by atomic mass is 32.1. The minimum Gasteiger partial charge on any atom is -0.343 e. The van der Waals surface area contributed by atoms with Crippen LogP contribution in [0.2, 0.25) is 0 Å². The molecular weight excluding hydrogens is 1210 g/mol. The molecule has 4 aliphatic rings. The fraction of sp³-hybridized carbons (Fsp3) is 0.576. The van der Waals surface area contributed by atoms with Crippen LogP contribution in [0.5, 0.6) is 0 Å². The summed E-state index contributed by atoms with van der Waals surface area (Å²) in [6.07, 6.45) is 7.55. The normalized spacial score (nSPS) is 18.3. The van der Waals surface area contributed by atoms with Crippen molar-refractivity contribution in [2.75, 3.05) is 77.1 Å². The molecule has 6 atom stereocenters. The summed E-state index contributed by atoms with van der Waals surface area (Å²) in [5.74, 6) is -2.67. The van der Waals surface area contributed by atoms with Crippen LogP contribution in [0.15, 0.2) is 60.7 Å². The van der Waals surface area contributed by atoms with Crippen LogP contribution in [-0.4, -0.2) is 191 Å². The number of anilines is 2. The number of carbonyl (C=O) groups is 10. The Morgan fingerprint density at radius 1 is 0.522 bits per heavy atom. The first-order valence-corrected chi connectivity index (χ1v) is 34.4. The predicted molar refractivity (Wildman–Crippen MR) is 355 cm³/mol. The summed E-state index contributed by atoms with van der Waals surface area (Å²) in [5, 5.41) is 26.2. The Labute approximate surface area is 547 Å². The van der Waals surface area contributed by atoms with Gasteiger partial charge in [-0.05, 0) is 117 Å². The van der Waals surface area contributed by atoms with Gasteiger partial charge in [-0.25, -0.2) is 19.6 Å². The van der Waals surface area contributed by atoms with Crippen LogP contribution in [0.3, 0.4) is 0 Å². The Bertz CT molecular complexity index is 2990. The summed E-state index contributed by atoms with van der Waals surface area (Å²) < 4.78 is 0. The van der Waals surface area contributed by atoms with Crippen LogP contribution < -0.4 is 42.5 Å². The lowest BCUT2D eigenvalue weighted by atomic mass is 9.88. The van der Waals surface area contributed by atoms with Gasteiger partial charge in [-0.15, -0.1) is 22.7 Å². The molecule has 2 aromatic carbocycles. The number of piperidine rings is 2. The molecule has 0 spiro atoms. The Morgan fingerprint density at radius 3 is 1.24 bits per heavy atom. The number of nitrogens with one attached hydrogen (secondary N) is 8. The highest BCUT2D eigenvalue weighted by molar-refractivity contribution is 7.17. The Kier molecular flexibility index (Phi) is 26.2. The van der Waals surface area contributed by atoms with Crippen LogP contribution >= 0.6 is 22.7 Å². The number of likely N-dealkylation sites (N-methyl/N-ethyl adjacent to an activating group) is 2. The van der Waals surface area contributed by atoms with E-state index < -0.39 is 36.3 Å². The second kappa shape index (κ2) is 34.3. The molecule has 92 heavy (non-hydrogen) atoms. The van der Waals surface area contributed by atoms with Gasteiger partial charge in [0, 0.05) is 76.3 Å². The number of ketones is 2. The van der Waals surface area contributed by atoms with E-state index in [4.69, 9.17) is 9.97 Å². The first-order chi connectivity index (χ1) is 44.4. The highest BCUT2D eigenvalue weighted by Gasteiger charge is 2.44. The quantitative estimate of drug-likeness (QED) is 0.0284. The zero-order chi connectivity index (χ0) is 65.8. The van der Waals surface area contributed by atoms with Crippen LogP contribution in [0.1, 0.15) is 128 Å². The summed E-state index contributed by atoms with van der Waals surface area (Å²) in [5.41, 5.74) is 2.69. The van der Waals surface area contributed by atoms with Gasteiger partial charge in [0.15, 0.2) is 0 Å². The van der Waals surface area contributed by atoms with E-state index >= 15 is 0 Å². The number of thiazole rings is 2. The molecule has 8 rings (SSSR count). The van der Waals surface area contributed by atoms with Crippen molar-refractivity contribution in [3.63, 3.8) is 0 Å². The molecule has 2 aromatic heterocycles. The number of urea groups is 2. The zero-order valence-corrected chi connectivity index (χ0v) is 55.6. The molecule has 0 bridgehead atoms. The van der Waals surface area contributed by atoms with Crippen molar-refractivity contribution < 1.29 is 47.9 Å². The smallest absolute Gasteiger partial charge is 0.317 e. The third kappa shape index (κ3) is 18.5. The zero-order valence-electron chi connectivity index (χ0n) is 53.9. The van der Waals surface area contributed by atoms with E-state index in [0.717, 1.165) is 24.0 Å². The topological polar surface area (TPSA) is 306 Å². The van der Waals surface area contributed by atoms with Crippen molar-refractivity contribution in [1.29, 1.82) is 0 Å². The second-order valence-electron chi connectivity index (χ2n) is 24.4. The monoisotopic (exact) mass is 1300 g/mol. The van der Waals surface area contributed by atoms with E-state index in [0.29, 0.717) is 161 Å². The van der Waals surface area contributed by atoms with E-state index in [1.807, 2.05) is 74.5 Å². The molecule has 0 saturated carbocycles. The molecule has 498 valence electrons. The molecule has 8 N–H and O–H groups in total. The largest absolute Gasteiger partial charge is 0.343 e. The molecule has 6 heterocycles. The molecule has 0 radical (unpaired) electrons. The number of rotatable bonds is 29. The number of likely N-dealkylation sites (tertiary alicyclic amines) is 4. The summed E-state index contributed by atoms with van der Waals surface area (Å²) in [4.78, 5) is 153. The summed E-state index contributed by atoms with van der Waals surface area (Å²) in [7, 11) is 3.32. The van der Waals surface area contributed by atoms with Gasteiger partial charge in [0.25, 0.3) is 0 Å². The molecule has 0 unspecified atom stereocenters. The minimum atomic E-state index is -0.940. The third-order valence-electron chi connectivity index (χ3n) is 17.9. The fourth-order valence-electron chi connectivity index (χ4n) is 12.4. The lowest BCUT2D eigenvalue weighted by Crippen LogP contribution is -2.59. The molecule has 4 aromatic rings. The van der Waals surface area contributed by atoms with Crippen molar-refractivity contribution >= 4 is 91.7 Å². The molecule has 26 heteroatoms. The number of aromatic nitrogens is 2. The van der Waals surface area contributed by atoms with Gasteiger partial charge in [0.05, 0.1) is 24.9 Å². The molecule has 0 aliphatic carbocycles. The number of amides is 10.